The van der Waals surface area contributed by atoms with Crippen molar-refractivity contribution in [2.45, 2.75) is 13.0 Å². The highest BCUT2D eigenvalue weighted by Crippen LogP contribution is 2.07. The number of benzene rings is 1. The number of carbonyl (C=O) groups is 1. The van der Waals surface area contributed by atoms with Crippen LogP contribution in [0.2, 0.25) is 0 Å². The van der Waals surface area contributed by atoms with E-state index in [1.165, 1.54) is 0 Å². The summed E-state index contributed by atoms with van der Waals surface area (Å²) in [6, 6.07) is 9.70. The number of rotatable bonds is 5. The predicted octanol–water partition coefficient (Wildman–Crippen LogP) is 1.32. The van der Waals surface area contributed by atoms with Crippen LogP contribution in [-0.2, 0) is 11.3 Å². The van der Waals surface area contributed by atoms with Gasteiger partial charge in [0.05, 0.1) is 0 Å². The molecule has 0 bridgehead atoms. The van der Waals surface area contributed by atoms with Crippen molar-refractivity contribution in [1.29, 1.82) is 0 Å². The Balaban J connectivity index is 1.69. The Hall–Kier alpha value is -1.59. The van der Waals surface area contributed by atoms with Crippen molar-refractivity contribution in [2.24, 2.45) is 0 Å². The van der Waals surface area contributed by atoms with E-state index >= 15 is 0 Å². The lowest BCUT2D eigenvalue weighted by atomic mass is 10.2. The zero-order valence-electron chi connectivity index (χ0n) is 11.7. The van der Waals surface area contributed by atoms with E-state index in [2.05, 4.69) is 4.90 Å². The van der Waals surface area contributed by atoms with Crippen molar-refractivity contribution < 1.29 is 14.6 Å². The van der Waals surface area contributed by atoms with Gasteiger partial charge in [0, 0.05) is 39.3 Å². The first-order chi connectivity index (χ1) is 9.79. The molecule has 0 unspecified atom stereocenters. The Morgan fingerprint density at radius 3 is 2.50 bits per heavy atom. The number of aliphatic hydroxyl groups excluding tert-OH is 1. The lowest BCUT2D eigenvalue weighted by molar-refractivity contribution is 0.0701. The number of amides is 1. The van der Waals surface area contributed by atoms with Crippen LogP contribution in [0.3, 0.4) is 0 Å². The van der Waals surface area contributed by atoms with Crippen LogP contribution in [0.15, 0.2) is 30.3 Å². The standard InChI is InChI=1S/C15H22N2O3/c18-12-4-7-16-8-10-17(11-9-16)15(19)20-13-14-5-2-1-3-6-14/h1-3,5-6,18H,4,7-13H2. The van der Waals surface area contributed by atoms with Crippen LogP contribution >= 0.6 is 0 Å². The molecular formula is C15H22N2O3. The second-order valence-electron chi connectivity index (χ2n) is 4.95. The molecule has 5 nitrogen and oxygen atoms in total. The van der Waals surface area contributed by atoms with Crippen molar-refractivity contribution in [1.82, 2.24) is 9.80 Å². The molecule has 1 fully saturated rings. The first-order valence-electron chi connectivity index (χ1n) is 7.08. The Morgan fingerprint density at radius 2 is 1.85 bits per heavy atom. The van der Waals surface area contributed by atoms with Gasteiger partial charge in [-0.2, -0.15) is 0 Å². The molecule has 20 heavy (non-hydrogen) atoms. The van der Waals surface area contributed by atoms with Crippen LogP contribution < -0.4 is 0 Å². The molecule has 1 aliphatic rings. The van der Waals surface area contributed by atoms with E-state index in [9.17, 15) is 4.79 Å². The lowest BCUT2D eigenvalue weighted by Gasteiger charge is -2.33. The van der Waals surface area contributed by atoms with Gasteiger partial charge in [-0.15, -0.1) is 0 Å². The zero-order chi connectivity index (χ0) is 14.2. The van der Waals surface area contributed by atoms with E-state index in [0.717, 1.165) is 31.6 Å². The average molecular weight is 278 g/mol. The maximum absolute atomic E-state index is 11.9. The molecule has 1 aliphatic heterocycles. The number of hydrogen-bond acceptors (Lipinski definition) is 4. The van der Waals surface area contributed by atoms with E-state index in [0.29, 0.717) is 19.7 Å². The molecule has 0 aromatic heterocycles. The van der Waals surface area contributed by atoms with Gasteiger partial charge in [-0.1, -0.05) is 30.3 Å². The molecule has 1 aromatic carbocycles. The van der Waals surface area contributed by atoms with Gasteiger partial charge in [0.25, 0.3) is 0 Å². The van der Waals surface area contributed by atoms with Gasteiger partial charge < -0.3 is 14.7 Å². The third-order valence-corrected chi connectivity index (χ3v) is 3.47. The molecule has 0 atom stereocenters. The molecule has 1 N–H and O–H groups in total. The lowest BCUT2D eigenvalue weighted by Crippen LogP contribution is -2.49. The van der Waals surface area contributed by atoms with Crippen LogP contribution in [-0.4, -0.2) is 60.3 Å². The Labute approximate surface area is 119 Å². The SMILES string of the molecule is O=C(OCc1ccccc1)N1CCN(CCCO)CC1. The number of aliphatic hydroxyl groups is 1. The van der Waals surface area contributed by atoms with E-state index < -0.39 is 0 Å². The van der Waals surface area contributed by atoms with E-state index in [4.69, 9.17) is 9.84 Å². The van der Waals surface area contributed by atoms with E-state index in [-0.39, 0.29) is 12.7 Å². The van der Waals surface area contributed by atoms with Crippen molar-refractivity contribution in [3.05, 3.63) is 35.9 Å². The van der Waals surface area contributed by atoms with Crippen molar-refractivity contribution in [3.63, 3.8) is 0 Å². The smallest absolute Gasteiger partial charge is 0.410 e. The largest absolute Gasteiger partial charge is 0.445 e. The Kier molecular flexibility index (Phi) is 5.83. The number of carbonyl (C=O) groups excluding carboxylic acids is 1. The van der Waals surface area contributed by atoms with Crippen LogP contribution in [0.25, 0.3) is 0 Å². The quantitative estimate of drug-likeness (QED) is 0.882. The fourth-order valence-corrected chi connectivity index (χ4v) is 2.26. The predicted molar refractivity (Wildman–Crippen MR) is 76.3 cm³/mol. The summed E-state index contributed by atoms with van der Waals surface area (Å²) in [6.45, 7) is 4.52. The molecule has 1 saturated heterocycles. The first-order valence-corrected chi connectivity index (χ1v) is 7.08. The molecule has 0 radical (unpaired) electrons. The van der Waals surface area contributed by atoms with Gasteiger partial charge in [-0.3, -0.25) is 4.90 Å². The van der Waals surface area contributed by atoms with Gasteiger partial charge in [0.1, 0.15) is 6.61 Å². The molecule has 0 spiro atoms. The summed E-state index contributed by atoms with van der Waals surface area (Å²) in [5.41, 5.74) is 1.00. The maximum Gasteiger partial charge on any atom is 0.410 e. The third kappa shape index (κ3) is 4.51. The molecule has 0 saturated carbocycles. The highest BCUT2D eigenvalue weighted by molar-refractivity contribution is 5.67. The fourth-order valence-electron chi connectivity index (χ4n) is 2.26. The van der Waals surface area contributed by atoms with Gasteiger partial charge in [-0.25, -0.2) is 4.79 Å². The summed E-state index contributed by atoms with van der Waals surface area (Å²) in [4.78, 5) is 15.9. The maximum atomic E-state index is 11.9. The normalized spacial score (nSPS) is 16.1. The molecule has 1 heterocycles. The molecular weight excluding hydrogens is 256 g/mol. The molecule has 2 rings (SSSR count). The van der Waals surface area contributed by atoms with Crippen LogP contribution in [0, 0.1) is 0 Å². The molecule has 1 amide bonds. The minimum absolute atomic E-state index is 0.222. The summed E-state index contributed by atoms with van der Waals surface area (Å²) in [5.74, 6) is 0. The summed E-state index contributed by atoms with van der Waals surface area (Å²) >= 11 is 0. The fraction of sp³-hybridized carbons (Fsp3) is 0.533. The summed E-state index contributed by atoms with van der Waals surface area (Å²) < 4.78 is 5.31. The van der Waals surface area contributed by atoms with Gasteiger partial charge in [0.15, 0.2) is 0 Å². The molecule has 1 aromatic rings. The van der Waals surface area contributed by atoms with Crippen molar-refractivity contribution >= 4 is 6.09 Å². The first kappa shape index (κ1) is 14.8. The van der Waals surface area contributed by atoms with Gasteiger partial charge >= 0.3 is 6.09 Å². The van der Waals surface area contributed by atoms with Gasteiger partial charge in [0.2, 0.25) is 0 Å². The second-order valence-corrected chi connectivity index (χ2v) is 4.95. The summed E-state index contributed by atoms with van der Waals surface area (Å²) in [7, 11) is 0. The average Bonchev–Trinajstić information content (AvgIpc) is 2.52. The number of piperazine rings is 1. The molecule has 0 aliphatic carbocycles. The topological polar surface area (TPSA) is 53.0 Å². The number of hydrogen-bond donors (Lipinski definition) is 1. The summed E-state index contributed by atoms with van der Waals surface area (Å²) in [5, 5.41) is 8.80. The third-order valence-electron chi connectivity index (χ3n) is 3.47. The Bertz CT molecular complexity index is 403. The van der Waals surface area contributed by atoms with Gasteiger partial charge in [-0.05, 0) is 12.0 Å². The number of nitrogens with zero attached hydrogens (tertiary/aromatic N) is 2. The minimum atomic E-state index is -0.240. The highest BCUT2D eigenvalue weighted by Gasteiger charge is 2.21. The van der Waals surface area contributed by atoms with E-state index in [1.807, 2.05) is 30.3 Å². The summed E-state index contributed by atoms with van der Waals surface area (Å²) in [6.07, 6.45) is 0.550. The molecule has 110 valence electrons. The van der Waals surface area contributed by atoms with Crippen molar-refractivity contribution in [3.8, 4) is 0 Å². The second kappa shape index (κ2) is 7.87. The monoisotopic (exact) mass is 278 g/mol. The van der Waals surface area contributed by atoms with Crippen molar-refractivity contribution in [2.75, 3.05) is 39.3 Å². The highest BCUT2D eigenvalue weighted by atomic mass is 16.6. The Morgan fingerprint density at radius 1 is 1.15 bits per heavy atom. The zero-order valence-corrected chi connectivity index (χ0v) is 11.7. The number of ether oxygens (including phenoxy) is 1. The molecule has 5 heteroatoms. The van der Waals surface area contributed by atoms with E-state index in [1.54, 1.807) is 4.90 Å². The van der Waals surface area contributed by atoms with Crippen LogP contribution in [0.5, 0.6) is 0 Å². The van der Waals surface area contributed by atoms with Crippen LogP contribution in [0.1, 0.15) is 12.0 Å². The van der Waals surface area contributed by atoms with Crippen LogP contribution in [0.4, 0.5) is 4.79 Å². The minimum Gasteiger partial charge on any atom is -0.445 e.